The van der Waals surface area contributed by atoms with Gasteiger partial charge >= 0.3 is 6.09 Å². The van der Waals surface area contributed by atoms with Crippen molar-refractivity contribution in [2.45, 2.75) is 33.3 Å². The zero-order valence-corrected chi connectivity index (χ0v) is 11.6. The highest BCUT2D eigenvalue weighted by atomic mass is 16.6. The Morgan fingerprint density at radius 2 is 2.05 bits per heavy atom. The molecule has 0 atom stereocenters. The average molecular weight is 258 g/mol. The quantitative estimate of drug-likeness (QED) is 0.630. The van der Waals surface area contributed by atoms with Crippen molar-refractivity contribution in [3.8, 4) is 12.3 Å². The van der Waals surface area contributed by atoms with E-state index in [1.165, 1.54) is 0 Å². The van der Waals surface area contributed by atoms with Crippen molar-refractivity contribution in [2.75, 3.05) is 5.32 Å². The fourth-order valence-electron chi connectivity index (χ4n) is 1.47. The van der Waals surface area contributed by atoms with Crippen LogP contribution in [0.4, 0.5) is 10.5 Å². The molecule has 0 saturated heterocycles. The van der Waals surface area contributed by atoms with Gasteiger partial charge in [-0.05, 0) is 45.9 Å². The van der Waals surface area contributed by atoms with E-state index < -0.39 is 11.7 Å². The number of rotatable bonds is 2. The number of terminal acetylenes is 1. The van der Waals surface area contributed by atoms with Gasteiger partial charge < -0.3 is 10.1 Å². The fourth-order valence-corrected chi connectivity index (χ4v) is 1.47. The van der Waals surface area contributed by atoms with Crippen LogP contribution >= 0.6 is 0 Å². The molecule has 1 amide bonds. The maximum atomic E-state index is 11.7. The standard InChI is InChI=1S/C15H18N2O2/c1-6-11-7-8-13(12(9-11)10(2)16)17-14(18)19-15(3,4)5/h1,7-9,16H,2-5H3,(H,17,18). The van der Waals surface area contributed by atoms with Crippen molar-refractivity contribution in [2.24, 2.45) is 0 Å². The molecule has 100 valence electrons. The number of ether oxygens (including phenoxy) is 1. The summed E-state index contributed by atoms with van der Waals surface area (Å²) in [6, 6.07) is 5.07. The lowest BCUT2D eigenvalue weighted by atomic mass is 10.1. The Morgan fingerprint density at radius 3 is 2.53 bits per heavy atom. The minimum atomic E-state index is -0.567. The number of hydrogen-bond donors (Lipinski definition) is 2. The molecule has 1 aromatic rings. The summed E-state index contributed by atoms with van der Waals surface area (Å²) in [6.07, 6.45) is 4.77. The van der Waals surface area contributed by atoms with E-state index in [0.29, 0.717) is 22.5 Å². The maximum absolute atomic E-state index is 11.7. The van der Waals surface area contributed by atoms with Crippen molar-refractivity contribution >= 4 is 17.5 Å². The number of hydrogen-bond acceptors (Lipinski definition) is 3. The summed E-state index contributed by atoms with van der Waals surface area (Å²) < 4.78 is 5.17. The first-order valence-corrected chi connectivity index (χ1v) is 5.89. The first kappa shape index (κ1) is 14.8. The Labute approximate surface area is 113 Å². The predicted molar refractivity (Wildman–Crippen MR) is 76.7 cm³/mol. The van der Waals surface area contributed by atoms with Gasteiger partial charge in [0.05, 0.1) is 5.69 Å². The number of benzene rings is 1. The minimum absolute atomic E-state index is 0.322. The summed E-state index contributed by atoms with van der Waals surface area (Å²) in [7, 11) is 0. The molecule has 1 rings (SSSR count). The molecule has 0 aliphatic carbocycles. The Hall–Kier alpha value is -2.28. The molecule has 4 nitrogen and oxygen atoms in total. The first-order chi connectivity index (χ1) is 8.73. The summed E-state index contributed by atoms with van der Waals surface area (Å²) in [5.41, 5.74) is 1.52. The highest BCUT2D eigenvalue weighted by Crippen LogP contribution is 2.19. The highest BCUT2D eigenvalue weighted by Gasteiger charge is 2.17. The number of nitrogens with one attached hydrogen (secondary N) is 2. The second-order valence-corrected chi connectivity index (χ2v) is 5.16. The third-order valence-corrected chi connectivity index (χ3v) is 2.23. The predicted octanol–water partition coefficient (Wildman–Crippen LogP) is 3.40. The summed E-state index contributed by atoms with van der Waals surface area (Å²) in [5, 5.41) is 10.3. The van der Waals surface area contributed by atoms with Crippen LogP contribution in [0.2, 0.25) is 0 Å². The van der Waals surface area contributed by atoms with Crippen molar-refractivity contribution in [1.82, 2.24) is 0 Å². The molecule has 0 spiro atoms. The van der Waals surface area contributed by atoms with Gasteiger partial charge in [-0.3, -0.25) is 5.32 Å². The maximum Gasteiger partial charge on any atom is 0.412 e. The van der Waals surface area contributed by atoms with Gasteiger partial charge in [-0.2, -0.15) is 0 Å². The van der Waals surface area contributed by atoms with Gasteiger partial charge in [0.25, 0.3) is 0 Å². The second-order valence-electron chi connectivity index (χ2n) is 5.16. The van der Waals surface area contributed by atoms with Gasteiger partial charge in [0, 0.05) is 16.8 Å². The Balaban J connectivity index is 2.99. The molecule has 0 bridgehead atoms. The molecule has 0 aromatic heterocycles. The van der Waals surface area contributed by atoms with Crippen LogP contribution in [0.15, 0.2) is 18.2 Å². The second kappa shape index (κ2) is 5.57. The molecule has 0 aliphatic heterocycles. The highest BCUT2D eigenvalue weighted by molar-refractivity contribution is 6.04. The Kier molecular flexibility index (Phi) is 4.34. The van der Waals surface area contributed by atoms with Crippen LogP contribution in [0.25, 0.3) is 0 Å². The van der Waals surface area contributed by atoms with E-state index in [4.69, 9.17) is 16.6 Å². The molecule has 0 radical (unpaired) electrons. The van der Waals surface area contributed by atoms with Crippen LogP contribution < -0.4 is 5.32 Å². The first-order valence-electron chi connectivity index (χ1n) is 5.89. The van der Waals surface area contributed by atoms with Gasteiger partial charge in [0.15, 0.2) is 0 Å². The lowest BCUT2D eigenvalue weighted by Crippen LogP contribution is -2.27. The molecule has 0 saturated carbocycles. The third kappa shape index (κ3) is 4.47. The van der Waals surface area contributed by atoms with Crippen LogP contribution in [0, 0.1) is 17.8 Å². The smallest absolute Gasteiger partial charge is 0.412 e. The van der Waals surface area contributed by atoms with Crippen molar-refractivity contribution in [3.05, 3.63) is 29.3 Å². The van der Waals surface area contributed by atoms with Gasteiger partial charge in [-0.25, -0.2) is 4.79 Å². The van der Waals surface area contributed by atoms with E-state index in [-0.39, 0.29) is 0 Å². The molecule has 0 heterocycles. The van der Waals surface area contributed by atoms with E-state index in [9.17, 15) is 4.79 Å². The number of carbonyl (C=O) groups excluding carboxylic acids is 1. The Morgan fingerprint density at radius 1 is 1.42 bits per heavy atom. The lowest BCUT2D eigenvalue weighted by Gasteiger charge is -2.20. The van der Waals surface area contributed by atoms with Crippen LogP contribution in [0.5, 0.6) is 0 Å². The van der Waals surface area contributed by atoms with Crippen LogP contribution in [0.3, 0.4) is 0 Å². The normalized spacial score (nSPS) is 10.5. The fraction of sp³-hybridized carbons (Fsp3) is 0.333. The van der Waals surface area contributed by atoms with Crippen molar-refractivity contribution < 1.29 is 9.53 Å². The molecular formula is C15H18N2O2. The van der Waals surface area contributed by atoms with Crippen LogP contribution in [-0.2, 0) is 4.74 Å². The molecule has 19 heavy (non-hydrogen) atoms. The van der Waals surface area contributed by atoms with E-state index in [0.717, 1.165) is 0 Å². The zero-order chi connectivity index (χ0) is 14.6. The molecule has 0 aliphatic rings. The summed E-state index contributed by atoms with van der Waals surface area (Å²) >= 11 is 0. The van der Waals surface area contributed by atoms with Gasteiger partial charge in [0.2, 0.25) is 0 Å². The van der Waals surface area contributed by atoms with E-state index in [2.05, 4.69) is 11.2 Å². The SMILES string of the molecule is C#Cc1ccc(NC(=O)OC(C)(C)C)c(C(C)=N)c1. The molecule has 4 heteroatoms. The summed E-state index contributed by atoms with van der Waals surface area (Å²) in [5.74, 6) is 2.50. The monoisotopic (exact) mass is 258 g/mol. The third-order valence-electron chi connectivity index (χ3n) is 2.23. The molecule has 1 aromatic carbocycles. The summed E-state index contributed by atoms with van der Waals surface area (Å²) in [4.78, 5) is 11.7. The van der Waals surface area contributed by atoms with E-state index in [1.807, 2.05) is 0 Å². The Bertz CT molecular complexity index is 548. The molecular weight excluding hydrogens is 240 g/mol. The lowest BCUT2D eigenvalue weighted by molar-refractivity contribution is 0.0636. The van der Waals surface area contributed by atoms with Gasteiger partial charge in [-0.15, -0.1) is 6.42 Å². The van der Waals surface area contributed by atoms with Crippen molar-refractivity contribution in [3.63, 3.8) is 0 Å². The minimum Gasteiger partial charge on any atom is -0.444 e. The number of amides is 1. The topological polar surface area (TPSA) is 62.2 Å². The van der Waals surface area contributed by atoms with Crippen LogP contribution in [0.1, 0.15) is 38.8 Å². The zero-order valence-electron chi connectivity index (χ0n) is 11.6. The summed E-state index contributed by atoms with van der Waals surface area (Å²) in [6.45, 7) is 7.00. The number of anilines is 1. The van der Waals surface area contributed by atoms with E-state index >= 15 is 0 Å². The van der Waals surface area contributed by atoms with Crippen molar-refractivity contribution in [1.29, 1.82) is 5.41 Å². The van der Waals surface area contributed by atoms with Gasteiger partial charge in [-0.1, -0.05) is 5.92 Å². The largest absolute Gasteiger partial charge is 0.444 e. The molecule has 2 N–H and O–H groups in total. The number of carbonyl (C=O) groups is 1. The van der Waals surface area contributed by atoms with E-state index in [1.54, 1.807) is 45.9 Å². The van der Waals surface area contributed by atoms with Crippen LogP contribution in [-0.4, -0.2) is 17.4 Å². The van der Waals surface area contributed by atoms with Gasteiger partial charge in [0.1, 0.15) is 5.60 Å². The average Bonchev–Trinajstić information content (AvgIpc) is 2.26. The molecule has 0 fully saturated rings. The molecule has 0 unspecified atom stereocenters.